The zero-order valence-electron chi connectivity index (χ0n) is 10.9. The van der Waals surface area contributed by atoms with Crippen LogP contribution in [0.15, 0.2) is 24.4 Å². The lowest BCUT2D eigenvalue weighted by molar-refractivity contribution is -0.384. The van der Waals surface area contributed by atoms with Crippen molar-refractivity contribution in [3.8, 4) is 11.8 Å². The van der Waals surface area contributed by atoms with E-state index in [1.54, 1.807) is 0 Å². The Hall–Kier alpha value is -2.42. The number of hydrogen-bond acceptors (Lipinski definition) is 5. The van der Waals surface area contributed by atoms with Crippen LogP contribution in [0, 0.1) is 17.0 Å². The Morgan fingerprint density at radius 2 is 2.05 bits per heavy atom. The molecule has 10 heteroatoms. The second-order valence-corrected chi connectivity index (χ2v) is 4.56. The average Bonchev–Trinajstić information content (AvgIpc) is 2.41. The van der Waals surface area contributed by atoms with Gasteiger partial charge in [-0.25, -0.2) is 4.98 Å². The molecule has 0 radical (unpaired) electrons. The van der Waals surface area contributed by atoms with Crippen molar-refractivity contribution in [2.75, 3.05) is 0 Å². The van der Waals surface area contributed by atoms with Crippen molar-refractivity contribution in [2.24, 2.45) is 0 Å². The van der Waals surface area contributed by atoms with Gasteiger partial charge >= 0.3 is 12.2 Å². The van der Waals surface area contributed by atoms with Crippen LogP contribution < -0.4 is 4.74 Å². The summed E-state index contributed by atoms with van der Waals surface area (Å²) in [5.41, 5.74) is -1.23. The summed E-state index contributed by atoms with van der Waals surface area (Å²) < 4.78 is 42.8. The summed E-state index contributed by atoms with van der Waals surface area (Å²) in [7, 11) is 0. The quantitative estimate of drug-likeness (QED) is 0.622. The number of aryl methyl sites for hydroxylation is 1. The van der Waals surface area contributed by atoms with Gasteiger partial charge in [0.1, 0.15) is 10.8 Å². The summed E-state index contributed by atoms with van der Waals surface area (Å²) in [4.78, 5) is 16.8. The Kier molecular flexibility index (Phi) is 4.18. The van der Waals surface area contributed by atoms with Crippen molar-refractivity contribution in [1.82, 2.24) is 9.97 Å². The largest absolute Gasteiger partial charge is 0.433 e. The number of nitro benzene ring substituents is 1. The predicted octanol–water partition coefficient (Wildman–Crippen LogP) is 4.16. The molecule has 0 fully saturated rings. The van der Waals surface area contributed by atoms with Crippen molar-refractivity contribution in [3.05, 3.63) is 50.8 Å². The fourth-order valence-corrected chi connectivity index (χ4v) is 1.83. The second-order valence-electron chi connectivity index (χ2n) is 4.15. The lowest BCUT2D eigenvalue weighted by Crippen LogP contribution is -2.09. The Bertz CT molecular complexity index is 737. The Morgan fingerprint density at radius 1 is 1.36 bits per heavy atom. The van der Waals surface area contributed by atoms with Crippen LogP contribution in [0.25, 0.3) is 0 Å². The molecule has 0 aliphatic carbocycles. The van der Waals surface area contributed by atoms with Gasteiger partial charge in [0.05, 0.1) is 11.0 Å². The zero-order valence-corrected chi connectivity index (χ0v) is 11.6. The molecule has 0 saturated heterocycles. The van der Waals surface area contributed by atoms with Crippen LogP contribution in [-0.2, 0) is 6.18 Å². The lowest BCUT2D eigenvalue weighted by Gasteiger charge is -2.09. The van der Waals surface area contributed by atoms with Crippen molar-refractivity contribution in [3.63, 3.8) is 0 Å². The standard InChI is InChI=1S/C12H7ClF3N3O3/c1-6-4-7(13)8(19(20)21)5-9(6)22-11-17-3-2-10(18-11)12(14,15)16/h2-5H,1H3. The highest BCUT2D eigenvalue weighted by atomic mass is 35.5. The molecule has 6 nitrogen and oxygen atoms in total. The lowest BCUT2D eigenvalue weighted by atomic mass is 10.2. The number of nitrogens with zero attached hydrogens (tertiary/aromatic N) is 3. The maximum Gasteiger partial charge on any atom is 0.433 e. The fourth-order valence-electron chi connectivity index (χ4n) is 1.54. The molecule has 1 heterocycles. The minimum atomic E-state index is -4.65. The van der Waals surface area contributed by atoms with Crippen LogP contribution in [0.3, 0.4) is 0 Å². The molecule has 1 aromatic heterocycles. The van der Waals surface area contributed by atoms with Gasteiger partial charge in [0.2, 0.25) is 0 Å². The molecular formula is C12H7ClF3N3O3. The van der Waals surface area contributed by atoms with Crippen molar-refractivity contribution >= 4 is 17.3 Å². The van der Waals surface area contributed by atoms with Gasteiger partial charge in [-0.2, -0.15) is 18.2 Å². The number of alkyl halides is 3. The van der Waals surface area contributed by atoms with Gasteiger partial charge in [-0.15, -0.1) is 0 Å². The summed E-state index contributed by atoms with van der Waals surface area (Å²) in [5, 5.41) is 10.7. The molecule has 22 heavy (non-hydrogen) atoms. The number of nitro groups is 1. The Morgan fingerprint density at radius 3 is 2.64 bits per heavy atom. The van der Waals surface area contributed by atoms with Gasteiger partial charge in [-0.1, -0.05) is 11.6 Å². The van der Waals surface area contributed by atoms with E-state index in [0.717, 1.165) is 12.3 Å². The first-order valence-corrected chi connectivity index (χ1v) is 6.09. The van der Waals surface area contributed by atoms with Crippen LogP contribution in [0.2, 0.25) is 5.02 Å². The van der Waals surface area contributed by atoms with E-state index in [-0.39, 0.29) is 10.8 Å². The minimum absolute atomic E-state index is 0.0598. The molecule has 116 valence electrons. The van der Waals surface area contributed by atoms with E-state index in [2.05, 4.69) is 9.97 Å². The molecule has 0 unspecified atom stereocenters. The highest BCUT2D eigenvalue weighted by Gasteiger charge is 2.33. The first kappa shape index (κ1) is 16.0. The third-order valence-electron chi connectivity index (χ3n) is 2.57. The van der Waals surface area contributed by atoms with Crippen LogP contribution in [-0.4, -0.2) is 14.9 Å². The second kappa shape index (κ2) is 5.76. The van der Waals surface area contributed by atoms with Gasteiger partial charge in [0, 0.05) is 6.20 Å². The maximum atomic E-state index is 12.6. The predicted molar refractivity (Wildman–Crippen MR) is 70.0 cm³/mol. The van der Waals surface area contributed by atoms with E-state index in [0.29, 0.717) is 11.6 Å². The Balaban J connectivity index is 2.39. The monoisotopic (exact) mass is 333 g/mol. The van der Waals surface area contributed by atoms with Crippen LogP contribution >= 0.6 is 11.6 Å². The van der Waals surface area contributed by atoms with Gasteiger partial charge in [-0.3, -0.25) is 10.1 Å². The molecule has 0 atom stereocenters. The summed E-state index contributed by atoms with van der Waals surface area (Å²) >= 11 is 5.71. The third-order valence-corrected chi connectivity index (χ3v) is 2.87. The average molecular weight is 334 g/mol. The van der Waals surface area contributed by atoms with Crippen molar-refractivity contribution in [1.29, 1.82) is 0 Å². The van der Waals surface area contributed by atoms with Gasteiger partial charge in [0.25, 0.3) is 5.69 Å². The molecule has 0 saturated carbocycles. The molecule has 0 amide bonds. The van der Waals surface area contributed by atoms with E-state index < -0.39 is 28.5 Å². The van der Waals surface area contributed by atoms with E-state index in [9.17, 15) is 23.3 Å². The molecule has 0 spiro atoms. The summed E-state index contributed by atoms with van der Waals surface area (Å²) in [6, 6.07) is 2.38. The van der Waals surface area contributed by atoms with Crippen molar-refractivity contribution < 1.29 is 22.8 Å². The number of benzene rings is 1. The van der Waals surface area contributed by atoms with Crippen LogP contribution in [0.5, 0.6) is 11.8 Å². The van der Waals surface area contributed by atoms with Crippen LogP contribution in [0.1, 0.15) is 11.3 Å². The highest BCUT2D eigenvalue weighted by molar-refractivity contribution is 6.32. The summed E-state index contributed by atoms with van der Waals surface area (Å²) in [6.45, 7) is 1.53. The molecular weight excluding hydrogens is 327 g/mol. The van der Waals surface area contributed by atoms with Gasteiger partial charge in [0.15, 0.2) is 5.69 Å². The topological polar surface area (TPSA) is 78.2 Å². The molecule has 2 rings (SSSR count). The normalized spacial score (nSPS) is 11.3. The Labute approximate surface area is 126 Å². The fraction of sp³-hybridized carbons (Fsp3) is 0.167. The molecule has 0 bridgehead atoms. The minimum Gasteiger partial charge on any atom is -0.424 e. The van der Waals surface area contributed by atoms with E-state index in [4.69, 9.17) is 16.3 Å². The summed E-state index contributed by atoms with van der Waals surface area (Å²) in [6.07, 6.45) is -3.77. The van der Waals surface area contributed by atoms with E-state index >= 15 is 0 Å². The highest BCUT2D eigenvalue weighted by Crippen LogP contribution is 2.34. The molecule has 2 aromatic rings. The molecule has 1 aromatic carbocycles. The molecule has 0 aliphatic rings. The number of aromatic nitrogens is 2. The van der Waals surface area contributed by atoms with Crippen LogP contribution in [0.4, 0.5) is 18.9 Å². The molecule has 0 N–H and O–H groups in total. The van der Waals surface area contributed by atoms with Gasteiger partial charge in [-0.05, 0) is 24.6 Å². The smallest absolute Gasteiger partial charge is 0.424 e. The summed E-state index contributed by atoms with van der Waals surface area (Å²) in [5.74, 6) is -0.0598. The van der Waals surface area contributed by atoms with E-state index in [1.807, 2.05) is 0 Å². The zero-order chi connectivity index (χ0) is 16.5. The number of hydrogen-bond donors (Lipinski definition) is 0. The van der Waals surface area contributed by atoms with Gasteiger partial charge < -0.3 is 4.74 Å². The SMILES string of the molecule is Cc1cc(Cl)c([N+](=O)[O-])cc1Oc1nccc(C(F)(F)F)n1. The number of rotatable bonds is 3. The molecule has 0 aliphatic heterocycles. The number of ether oxygens (including phenoxy) is 1. The maximum absolute atomic E-state index is 12.6. The number of halogens is 4. The third kappa shape index (κ3) is 3.42. The van der Waals surface area contributed by atoms with Crippen molar-refractivity contribution in [2.45, 2.75) is 13.1 Å². The first-order chi connectivity index (χ1) is 10.2. The first-order valence-electron chi connectivity index (χ1n) is 5.71. The van der Waals surface area contributed by atoms with E-state index in [1.165, 1.54) is 13.0 Å².